The number of benzene rings is 2. The summed E-state index contributed by atoms with van der Waals surface area (Å²) in [5.41, 5.74) is 2.25. The second-order valence-electron chi connectivity index (χ2n) is 8.19. The lowest BCUT2D eigenvalue weighted by Gasteiger charge is -2.34. The molecule has 1 saturated heterocycles. The molecule has 1 N–H and O–H groups in total. The Kier molecular flexibility index (Phi) is 6.35. The third kappa shape index (κ3) is 5.09. The number of aromatic nitrogens is 2. The molecule has 0 unspecified atom stereocenters. The Morgan fingerprint density at radius 1 is 1.00 bits per heavy atom. The Morgan fingerprint density at radius 3 is 2.54 bits per heavy atom. The van der Waals surface area contributed by atoms with Gasteiger partial charge in [0.25, 0.3) is 15.9 Å². The summed E-state index contributed by atoms with van der Waals surface area (Å²) < 4.78 is 29.0. The van der Waals surface area contributed by atoms with Crippen molar-refractivity contribution in [3.63, 3.8) is 0 Å². The second kappa shape index (κ2) is 9.44. The van der Waals surface area contributed by atoms with Crippen LogP contribution in [0.1, 0.15) is 16.1 Å². The predicted molar refractivity (Wildman–Crippen MR) is 139 cm³/mol. The van der Waals surface area contributed by atoms with Crippen molar-refractivity contribution >= 4 is 59.9 Å². The molecule has 0 spiro atoms. The van der Waals surface area contributed by atoms with E-state index < -0.39 is 10.0 Å². The summed E-state index contributed by atoms with van der Waals surface area (Å²) in [6, 6.07) is 17.0. The molecule has 5 rings (SSSR count). The lowest BCUT2D eigenvalue weighted by Crippen LogP contribution is -2.48. The summed E-state index contributed by atoms with van der Waals surface area (Å²) in [4.78, 5) is 25.9. The maximum Gasteiger partial charge on any atom is 0.279 e. The number of hydrogen-bond donors (Lipinski definition) is 1. The van der Waals surface area contributed by atoms with Crippen molar-refractivity contribution in [1.29, 1.82) is 0 Å². The summed E-state index contributed by atoms with van der Waals surface area (Å²) >= 11 is 7.68. The van der Waals surface area contributed by atoms with E-state index in [0.29, 0.717) is 48.1 Å². The van der Waals surface area contributed by atoms with Crippen molar-refractivity contribution in [3.8, 4) is 0 Å². The first-order valence-electron chi connectivity index (χ1n) is 11.0. The average molecular weight is 528 g/mol. The molecule has 35 heavy (non-hydrogen) atoms. The van der Waals surface area contributed by atoms with E-state index >= 15 is 0 Å². The molecule has 0 saturated carbocycles. The number of amides is 1. The molecule has 0 radical (unpaired) electrons. The fraction of sp³-hybridized carbons (Fsp3) is 0.208. The minimum absolute atomic E-state index is 0.0672. The van der Waals surface area contributed by atoms with Crippen LogP contribution in [0.25, 0.3) is 10.2 Å². The lowest BCUT2D eigenvalue weighted by atomic mass is 10.1. The van der Waals surface area contributed by atoms with E-state index in [4.69, 9.17) is 16.6 Å². The zero-order valence-electron chi connectivity index (χ0n) is 18.8. The molecule has 8 nitrogen and oxygen atoms in total. The Morgan fingerprint density at radius 2 is 1.77 bits per heavy atom. The summed E-state index contributed by atoms with van der Waals surface area (Å²) in [7, 11) is -3.86. The average Bonchev–Trinajstić information content (AvgIpc) is 3.27. The first kappa shape index (κ1) is 23.5. The number of halogens is 1. The quantitative estimate of drug-likeness (QED) is 0.413. The number of carbonyl (C=O) groups excluding carboxylic acids is 1. The third-order valence-corrected chi connectivity index (χ3v) is 8.27. The number of fused-ring (bicyclic) bond motifs is 1. The number of hydrogen-bond acceptors (Lipinski definition) is 7. The Balaban J connectivity index is 1.26. The molecular weight excluding hydrogens is 506 g/mol. The maximum absolute atomic E-state index is 13.1. The Bertz CT molecular complexity index is 1510. The highest BCUT2D eigenvalue weighted by Gasteiger charge is 2.25. The lowest BCUT2D eigenvalue weighted by molar-refractivity contribution is 0.0747. The van der Waals surface area contributed by atoms with Crippen LogP contribution in [0.5, 0.6) is 0 Å². The molecule has 3 heterocycles. The van der Waals surface area contributed by atoms with Crippen LogP contribution in [-0.2, 0) is 10.0 Å². The van der Waals surface area contributed by atoms with Crippen molar-refractivity contribution < 1.29 is 13.2 Å². The van der Waals surface area contributed by atoms with Crippen LogP contribution in [0, 0.1) is 6.92 Å². The topological polar surface area (TPSA) is 95.5 Å². The molecule has 1 aliphatic rings. The van der Waals surface area contributed by atoms with Crippen molar-refractivity contribution in [2.45, 2.75) is 11.9 Å². The van der Waals surface area contributed by atoms with E-state index in [9.17, 15) is 13.2 Å². The molecule has 0 aliphatic carbocycles. The van der Waals surface area contributed by atoms with Crippen LogP contribution in [0.3, 0.4) is 0 Å². The van der Waals surface area contributed by atoms with E-state index in [1.165, 1.54) is 6.07 Å². The standard InChI is InChI=1S/C24H22ClN5O3S2/c1-16-4-2-7-22(26-16)35(32,33)28-19-6-3-5-17(14-19)23(31)29-10-12-30(13-11-29)24-27-20-9-8-18(25)15-21(20)34-24/h2-9,14-15,28H,10-13H2,1H3. The molecule has 1 fully saturated rings. The number of piperazine rings is 1. The third-order valence-electron chi connectivity index (χ3n) is 5.68. The molecule has 1 amide bonds. The number of carbonyl (C=O) groups is 1. The largest absolute Gasteiger partial charge is 0.345 e. The molecule has 2 aromatic heterocycles. The SMILES string of the molecule is Cc1cccc(S(=O)(=O)Nc2cccc(C(=O)N3CCN(c4nc5ccc(Cl)cc5s4)CC3)c2)n1. The van der Waals surface area contributed by atoms with Gasteiger partial charge < -0.3 is 9.80 Å². The van der Waals surface area contributed by atoms with Gasteiger partial charge in [-0.15, -0.1) is 0 Å². The molecule has 180 valence electrons. The number of sulfonamides is 1. The normalized spacial score (nSPS) is 14.3. The van der Waals surface area contributed by atoms with Crippen LogP contribution in [0.2, 0.25) is 5.02 Å². The fourth-order valence-electron chi connectivity index (χ4n) is 3.90. The van der Waals surface area contributed by atoms with Gasteiger partial charge >= 0.3 is 0 Å². The van der Waals surface area contributed by atoms with E-state index in [0.717, 1.165) is 15.3 Å². The number of rotatable bonds is 5. The predicted octanol–water partition coefficient (Wildman–Crippen LogP) is 4.42. The Hall–Kier alpha value is -3.21. The van der Waals surface area contributed by atoms with Crippen LogP contribution in [-0.4, -0.2) is 55.4 Å². The van der Waals surface area contributed by atoms with Gasteiger partial charge in [-0.3, -0.25) is 9.52 Å². The van der Waals surface area contributed by atoms with Crippen LogP contribution in [0.4, 0.5) is 10.8 Å². The molecule has 1 aliphatic heterocycles. The molecule has 2 aromatic carbocycles. The van der Waals surface area contributed by atoms with E-state index in [1.807, 2.05) is 18.2 Å². The first-order valence-corrected chi connectivity index (χ1v) is 13.6. The zero-order valence-corrected chi connectivity index (χ0v) is 21.2. The zero-order chi connectivity index (χ0) is 24.6. The van der Waals surface area contributed by atoms with Crippen LogP contribution < -0.4 is 9.62 Å². The number of nitrogens with one attached hydrogen (secondary N) is 1. The molecular formula is C24H22ClN5O3S2. The molecule has 0 bridgehead atoms. The molecule has 11 heteroatoms. The van der Waals surface area contributed by atoms with E-state index in [-0.39, 0.29) is 10.9 Å². The van der Waals surface area contributed by atoms with Gasteiger partial charge in [0.15, 0.2) is 10.2 Å². The first-order chi connectivity index (χ1) is 16.8. The van der Waals surface area contributed by atoms with E-state index in [1.54, 1.807) is 59.6 Å². The number of pyridine rings is 1. The van der Waals surface area contributed by atoms with Crippen LogP contribution >= 0.6 is 22.9 Å². The van der Waals surface area contributed by atoms with Gasteiger partial charge in [0.1, 0.15) is 0 Å². The van der Waals surface area contributed by atoms with Crippen molar-refractivity contribution in [2.75, 3.05) is 35.8 Å². The molecule has 0 atom stereocenters. The van der Waals surface area contributed by atoms with Gasteiger partial charge in [0.05, 0.1) is 10.2 Å². The molecule has 4 aromatic rings. The smallest absolute Gasteiger partial charge is 0.279 e. The van der Waals surface area contributed by atoms with Gasteiger partial charge in [-0.2, -0.15) is 8.42 Å². The summed E-state index contributed by atoms with van der Waals surface area (Å²) in [5.74, 6) is -0.143. The number of aryl methyl sites for hydroxylation is 1. The minimum Gasteiger partial charge on any atom is -0.345 e. The summed E-state index contributed by atoms with van der Waals surface area (Å²) in [5, 5.41) is 1.53. The van der Waals surface area contributed by atoms with Crippen molar-refractivity contribution in [2.24, 2.45) is 0 Å². The van der Waals surface area contributed by atoms with Crippen molar-refractivity contribution in [1.82, 2.24) is 14.9 Å². The number of nitrogens with zero attached hydrogens (tertiary/aromatic N) is 4. The highest BCUT2D eigenvalue weighted by Crippen LogP contribution is 2.31. The highest BCUT2D eigenvalue weighted by atomic mass is 35.5. The maximum atomic E-state index is 13.1. The van der Waals surface area contributed by atoms with Gasteiger partial charge in [0.2, 0.25) is 0 Å². The summed E-state index contributed by atoms with van der Waals surface area (Å²) in [6.45, 7) is 4.12. The second-order valence-corrected chi connectivity index (χ2v) is 11.3. The Labute approximate surface area is 212 Å². The number of anilines is 2. The van der Waals surface area contributed by atoms with Crippen LogP contribution in [0.15, 0.2) is 65.7 Å². The number of thiazole rings is 1. The van der Waals surface area contributed by atoms with Gasteiger partial charge in [-0.25, -0.2) is 9.97 Å². The van der Waals surface area contributed by atoms with Gasteiger partial charge in [-0.1, -0.05) is 35.1 Å². The minimum atomic E-state index is -3.86. The van der Waals surface area contributed by atoms with Gasteiger partial charge in [0, 0.05) is 48.1 Å². The van der Waals surface area contributed by atoms with Gasteiger partial charge in [-0.05, 0) is 55.5 Å². The fourth-order valence-corrected chi connectivity index (χ4v) is 6.25. The van der Waals surface area contributed by atoms with Crippen molar-refractivity contribution in [3.05, 3.63) is 76.9 Å². The highest BCUT2D eigenvalue weighted by molar-refractivity contribution is 7.92. The van der Waals surface area contributed by atoms with E-state index in [2.05, 4.69) is 14.6 Å². The monoisotopic (exact) mass is 527 g/mol. The summed E-state index contributed by atoms with van der Waals surface area (Å²) in [6.07, 6.45) is 0.